The van der Waals surface area contributed by atoms with Crippen LogP contribution >= 0.6 is 0 Å². The van der Waals surface area contributed by atoms with Crippen molar-refractivity contribution in [2.75, 3.05) is 0 Å². The van der Waals surface area contributed by atoms with E-state index in [0.717, 1.165) is 5.56 Å². The predicted octanol–water partition coefficient (Wildman–Crippen LogP) is 1.88. The molecule has 55 valence electrons. The molecule has 0 spiro atoms. The van der Waals surface area contributed by atoms with Crippen LogP contribution in [0.1, 0.15) is 18.5 Å². The Hall–Kier alpha value is -1.40. The van der Waals surface area contributed by atoms with E-state index in [-0.39, 0.29) is 6.04 Å². The maximum absolute atomic E-state index is 9.89. The zero-order chi connectivity index (χ0) is 8.10. The van der Waals surface area contributed by atoms with Crippen LogP contribution in [-0.4, -0.2) is 6.08 Å². The van der Waals surface area contributed by atoms with Crippen LogP contribution in [0.3, 0.4) is 0 Å². The zero-order valence-electron chi connectivity index (χ0n) is 6.24. The van der Waals surface area contributed by atoms with Crippen LogP contribution in [0.25, 0.3) is 0 Å². The highest BCUT2D eigenvalue weighted by molar-refractivity contribution is 5.35. The second-order valence-electron chi connectivity index (χ2n) is 2.23. The molecule has 0 aliphatic rings. The van der Waals surface area contributed by atoms with Gasteiger partial charge in [-0.15, -0.1) is 0 Å². The van der Waals surface area contributed by atoms with Crippen molar-refractivity contribution in [1.29, 1.82) is 0 Å². The summed E-state index contributed by atoms with van der Waals surface area (Å²) in [6.45, 7) is 1.84. The van der Waals surface area contributed by atoms with Crippen molar-refractivity contribution in [2.45, 2.75) is 13.0 Å². The molecule has 1 rings (SSSR count). The van der Waals surface area contributed by atoms with Crippen LogP contribution in [0.4, 0.5) is 0 Å². The van der Waals surface area contributed by atoms with Gasteiger partial charge in [-0.3, -0.25) is 0 Å². The van der Waals surface area contributed by atoms with Crippen LogP contribution in [0.5, 0.6) is 0 Å². The molecule has 0 saturated heterocycles. The van der Waals surface area contributed by atoms with Gasteiger partial charge in [-0.05, 0) is 24.6 Å². The fraction of sp³-hybridized carbons (Fsp3) is 0.222. The molecule has 0 amide bonds. The lowest BCUT2D eigenvalue weighted by molar-refractivity contribution is 0.559. The van der Waals surface area contributed by atoms with Crippen molar-refractivity contribution in [3.05, 3.63) is 35.9 Å². The second-order valence-corrected chi connectivity index (χ2v) is 2.23. The third-order valence-corrected chi connectivity index (χ3v) is 1.46. The minimum Gasteiger partial charge on any atom is -0.211 e. The Balaban J connectivity index is 2.84. The molecule has 1 radical (unpaired) electrons. The Morgan fingerprint density at radius 3 is 3.09 bits per heavy atom. The summed E-state index contributed by atoms with van der Waals surface area (Å²) in [7, 11) is 0. The van der Waals surface area contributed by atoms with Crippen LogP contribution < -0.4 is 0 Å². The van der Waals surface area contributed by atoms with E-state index in [1.807, 2.05) is 25.1 Å². The first kappa shape index (κ1) is 7.70. The first-order chi connectivity index (χ1) is 5.34. The Bertz CT molecular complexity index is 262. The standard InChI is InChI=1S/C9H8NO/c1-8(10-7-11)9-5-3-2-4-6-9/h2-3,5-6,8H,1H3. The minimum absolute atomic E-state index is 0.107. The van der Waals surface area contributed by atoms with Gasteiger partial charge in [0.05, 0.1) is 6.04 Å². The topological polar surface area (TPSA) is 29.4 Å². The Morgan fingerprint density at radius 1 is 1.73 bits per heavy atom. The number of rotatable bonds is 2. The maximum atomic E-state index is 9.89. The summed E-state index contributed by atoms with van der Waals surface area (Å²) in [6.07, 6.45) is 1.53. The minimum atomic E-state index is -0.107. The largest absolute Gasteiger partial charge is 0.235 e. The first-order valence-corrected chi connectivity index (χ1v) is 3.37. The van der Waals surface area contributed by atoms with Crippen LogP contribution in [0, 0.1) is 6.07 Å². The smallest absolute Gasteiger partial charge is 0.211 e. The van der Waals surface area contributed by atoms with Gasteiger partial charge in [0.25, 0.3) is 0 Å². The molecule has 0 bridgehead atoms. The van der Waals surface area contributed by atoms with E-state index < -0.39 is 0 Å². The monoisotopic (exact) mass is 146 g/mol. The summed E-state index contributed by atoms with van der Waals surface area (Å²) in [4.78, 5) is 13.5. The molecule has 0 N–H and O–H groups in total. The molecule has 0 saturated carbocycles. The summed E-state index contributed by atoms with van der Waals surface area (Å²) in [5.41, 5.74) is 0.982. The Kier molecular flexibility index (Phi) is 2.59. The average molecular weight is 146 g/mol. The number of aliphatic imine (C=N–C) groups is 1. The van der Waals surface area contributed by atoms with E-state index in [4.69, 9.17) is 0 Å². The first-order valence-electron chi connectivity index (χ1n) is 3.37. The third kappa shape index (κ3) is 2.03. The summed E-state index contributed by atoms with van der Waals surface area (Å²) in [5.74, 6) is 0. The van der Waals surface area contributed by atoms with Gasteiger partial charge in [0, 0.05) is 0 Å². The summed E-state index contributed by atoms with van der Waals surface area (Å²) in [5, 5.41) is 0. The lowest BCUT2D eigenvalue weighted by Gasteiger charge is -2.01. The maximum Gasteiger partial charge on any atom is 0.235 e. The number of nitrogens with zero attached hydrogens (tertiary/aromatic N) is 1. The average Bonchev–Trinajstić information content (AvgIpc) is 2.07. The molecule has 0 aliphatic carbocycles. The molecule has 1 aromatic rings. The molecule has 2 nitrogen and oxygen atoms in total. The molecule has 2 heteroatoms. The van der Waals surface area contributed by atoms with E-state index in [1.165, 1.54) is 6.08 Å². The van der Waals surface area contributed by atoms with Crippen molar-refractivity contribution in [3.8, 4) is 0 Å². The molecule has 0 aromatic heterocycles. The van der Waals surface area contributed by atoms with Crippen LogP contribution in [-0.2, 0) is 4.79 Å². The molecule has 1 unspecified atom stereocenters. The van der Waals surface area contributed by atoms with Gasteiger partial charge in [-0.1, -0.05) is 18.2 Å². The van der Waals surface area contributed by atoms with Gasteiger partial charge in [0.1, 0.15) is 0 Å². The summed E-state index contributed by atoms with van der Waals surface area (Å²) >= 11 is 0. The highest BCUT2D eigenvalue weighted by Crippen LogP contribution is 2.13. The lowest BCUT2D eigenvalue weighted by atomic mass is 10.1. The fourth-order valence-corrected chi connectivity index (χ4v) is 0.821. The number of benzene rings is 1. The molecule has 0 heterocycles. The molecule has 1 atom stereocenters. The highest BCUT2D eigenvalue weighted by atomic mass is 16.1. The van der Waals surface area contributed by atoms with Crippen molar-refractivity contribution >= 4 is 6.08 Å². The van der Waals surface area contributed by atoms with Crippen LogP contribution in [0.15, 0.2) is 29.3 Å². The van der Waals surface area contributed by atoms with Gasteiger partial charge in [0.2, 0.25) is 6.08 Å². The van der Waals surface area contributed by atoms with E-state index >= 15 is 0 Å². The summed E-state index contributed by atoms with van der Waals surface area (Å²) in [6, 6.07) is 10.2. The van der Waals surface area contributed by atoms with E-state index in [0.29, 0.717) is 0 Å². The Morgan fingerprint density at radius 2 is 2.55 bits per heavy atom. The fourth-order valence-electron chi connectivity index (χ4n) is 0.821. The summed E-state index contributed by atoms with van der Waals surface area (Å²) < 4.78 is 0. The number of hydrogen-bond donors (Lipinski definition) is 0. The zero-order valence-corrected chi connectivity index (χ0v) is 6.24. The van der Waals surface area contributed by atoms with Crippen molar-refractivity contribution in [2.24, 2.45) is 4.99 Å². The number of hydrogen-bond acceptors (Lipinski definition) is 2. The SMILES string of the molecule is CC(N=C=O)c1c[c]ccc1. The van der Waals surface area contributed by atoms with Gasteiger partial charge in [0.15, 0.2) is 0 Å². The van der Waals surface area contributed by atoms with Crippen molar-refractivity contribution in [1.82, 2.24) is 0 Å². The molecule has 11 heavy (non-hydrogen) atoms. The molecule has 0 aliphatic heterocycles. The van der Waals surface area contributed by atoms with Crippen molar-refractivity contribution in [3.63, 3.8) is 0 Å². The van der Waals surface area contributed by atoms with Crippen molar-refractivity contribution < 1.29 is 4.79 Å². The van der Waals surface area contributed by atoms with Gasteiger partial charge in [-0.25, -0.2) is 4.79 Å². The predicted molar refractivity (Wildman–Crippen MR) is 41.8 cm³/mol. The molecular formula is C9H8NO. The number of isocyanates is 1. The van der Waals surface area contributed by atoms with Gasteiger partial charge < -0.3 is 0 Å². The normalized spacial score (nSPS) is 11.7. The lowest BCUT2D eigenvalue weighted by Crippen LogP contribution is -1.87. The van der Waals surface area contributed by atoms with Gasteiger partial charge >= 0.3 is 0 Å². The van der Waals surface area contributed by atoms with Gasteiger partial charge in [-0.2, -0.15) is 4.99 Å². The quantitative estimate of drug-likeness (QED) is 0.462. The number of carbonyl (C=O) groups excluding carboxylic acids is 1. The third-order valence-electron chi connectivity index (χ3n) is 1.46. The molecule has 0 fully saturated rings. The molecular weight excluding hydrogens is 138 g/mol. The van der Waals surface area contributed by atoms with E-state index in [9.17, 15) is 4.79 Å². The Labute approximate surface area is 65.6 Å². The van der Waals surface area contributed by atoms with E-state index in [1.54, 1.807) is 6.07 Å². The van der Waals surface area contributed by atoms with E-state index in [2.05, 4.69) is 11.1 Å². The van der Waals surface area contributed by atoms with Crippen LogP contribution in [0.2, 0.25) is 0 Å². The molecule has 1 aromatic carbocycles. The highest BCUT2D eigenvalue weighted by Gasteiger charge is 1.99. The second kappa shape index (κ2) is 3.69.